The number of rotatable bonds is 8. The summed E-state index contributed by atoms with van der Waals surface area (Å²) in [6, 6.07) is 7.05. The first-order chi connectivity index (χ1) is 14.1. The molecule has 3 rings (SSSR count). The fourth-order valence-corrected chi connectivity index (χ4v) is 7.12. The number of fused-ring (bicyclic) bond motifs is 1. The van der Waals surface area contributed by atoms with Crippen molar-refractivity contribution in [3.05, 3.63) is 24.3 Å². The molecule has 1 aliphatic rings. The second kappa shape index (κ2) is 10.0. The van der Waals surface area contributed by atoms with E-state index in [1.807, 2.05) is 38.1 Å². The van der Waals surface area contributed by atoms with Crippen LogP contribution in [0.3, 0.4) is 0 Å². The molecule has 0 bridgehead atoms. The maximum Gasteiger partial charge on any atom is 0.329 e. The smallest absolute Gasteiger partial charge is 0.329 e. The number of aromatic nitrogens is 1. The van der Waals surface area contributed by atoms with E-state index in [1.165, 1.54) is 33.6 Å². The van der Waals surface area contributed by atoms with Crippen molar-refractivity contribution >= 4 is 89.8 Å². The fraction of sp³-hybridized carbons (Fsp3) is 0.500. The molecule has 2 aromatic rings. The first-order valence-electron chi connectivity index (χ1n) is 8.89. The third-order valence-electron chi connectivity index (χ3n) is 4.33. The van der Waals surface area contributed by atoms with E-state index in [1.54, 1.807) is 11.3 Å². The van der Waals surface area contributed by atoms with E-state index in [4.69, 9.17) is 44.3 Å². The van der Waals surface area contributed by atoms with Gasteiger partial charge < -0.3 is 14.4 Å². The summed E-state index contributed by atoms with van der Waals surface area (Å²) >= 11 is 18.6. The minimum atomic E-state index is -1.72. The first-order valence-corrected chi connectivity index (χ1v) is 13.1. The van der Waals surface area contributed by atoms with Crippen molar-refractivity contribution < 1.29 is 19.1 Å². The zero-order valence-corrected chi connectivity index (χ0v) is 20.9. The number of benzene rings is 1. The lowest BCUT2D eigenvalue weighted by atomic mass is 9.97. The Morgan fingerprint density at radius 3 is 2.63 bits per heavy atom. The number of β-lactam (4-membered cyclic amide) rings is 1. The van der Waals surface area contributed by atoms with Crippen molar-refractivity contribution in [2.45, 2.75) is 39.5 Å². The fourth-order valence-electron chi connectivity index (χ4n) is 2.99. The molecular weight excluding hydrogens is 511 g/mol. The molecule has 164 valence electrons. The highest BCUT2D eigenvalue weighted by Gasteiger charge is 2.54. The van der Waals surface area contributed by atoms with Crippen molar-refractivity contribution in [3.8, 4) is 0 Å². The van der Waals surface area contributed by atoms with Gasteiger partial charge in [-0.3, -0.25) is 4.79 Å². The molecule has 1 aromatic carbocycles. The van der Waals surface area contributed by atoms with E-state index in [2.05, 4.69) is 4.98 Å². The minimum absolute atomic E-state index is 0.204. The number of amides is 1. The van der Waals surface area contributed by atoms with Gasteiger partial charge in [0.2, 0.25) is 3.79 Å². The van der Waals surface area contributed by atoms with Crippen molar-refractivity contribution in [2.75, 3.05) is 13.7 Å². The quantitative estimate of drug-likeness (QED) is 0.202. The van der Waals surface area contributed by atoms with Crippen LogP contribution < -0.4 is 0 Å². The molecule has 0 N–H and O–H groups in total. The second-order valence-electron chi connectivity index (χ2n) is 6.83. The lowest BCUT2D eigenvalue weighted by Crippen LogP contribution is -2.69. The lowest BCUT2D eigenvalue weighted by Gasteiger charge is -2.49. The van der Waals surface area contributed by atoms with Gasteiger partial charge in [0, 0.05) is 7.11 Å². The predicted molar refractivity (Wildman–Crippen MR) is 124 cm³/mol. The molecule has 0 aliphatic carbocycles. The van der Waals surface area contributed by atoms with Gasteiger partial charge in [0.15, 0.2) is 10.4 Å². The van der Waals surface area contributed by atoms with Gasteiger partial charge in [-0.25, -0.2) is 9.78 Å². The van der Waals surface area contributed by atoms with Gasteiger partial charge in [-0.2, -0.15) is 0 Å². The number of thiazole rings is 1. The van der Waals surface area contributed by atoms with Gasteiger partial charge in [0.05, 0.1) is 10.2 Å². The summed E-state index contributed by atoms with van der Waals surface area (Å²) in [5.74, 6) is -1.09. The summed E-state index contributed by atoms with van der Waals surface area (Å²) in [5.41, 5.74) is 0.922. The van der Waals surface area contributed by atoms with Crippen LogP contribution in [0.2, 0.25) is 0 Å². The van der Waals surface area contributed by atoms with E-state index in [-0.39, 0.29) is 17.2 Å². The Bertz CT molecular complexity index is 888. The van der Waals surface area contributed by atoms with Gasteiger partial charge in [0.25, 0.3) is 5.91 Å². The van der Waals surface area contributed by atoms with Crippen LogP contribution in [0.15, 0.2) is 28.6 Å². The number of para-hydroxylation sites is 1. The number of ether oxygens (including phenoxy) is 2. The molecule has 0 radical (unpaired) electrons. The lowest BCUT2D eigenvalue weighted by molar-refractivity contribution is -0.178. The molecular formula is C18H19Cl3N2O4S3. The number of alkyl halides is 3. The maximum atomic E-state index is 12.7. The van der Waals surface area contributed by atoms with Crippen LogP contribution >= 0.6 is 67.7 Å². The Labute approximate surface area is 201 Å². The summed E-state index contributed by atoms with van der Waals surface area (Å²) < 4.78 is 10.7. The number of carbonyl (C=O) groups excluding carboxylic acids is 2. The highest BCUT2D eigenvalue weighted by molar-refractivity contribution is 8.77. The number of hydrogen-bond donors (Lipinski definition) is 0. The monoisotopic (exact) mass is 528 g/mol. The second-order valence-corrected chi connectivity index (χ2v) is 12.9. The van der Waals surface area contributed by atoms with Gasteiger partial charge in [-0.05, 0) is 28.8 Å². The molecule has 0 spiro atoms. The zero-order valence-electron chi connectivity index (χ0n) is 16.2. The minimum Gasteiger partial charge on any atom is -0.460 e. The summed E-state index contributed by atoms with van der Waals surface area (Å²) in [6.07, 6.45) is -0.654. The standard InChI is InChI=1S/C18H19Cl3N2O4S3/c1-9(2)12(16(25)27-8-18(19,20)21)23-14(24)13(26-3)15(23)29-30-17-22-10-6-4-5-7-11(10)28-17/h4-7,9,12-13,15H,8H2,1-3H3/t12?,13-,15+/m0/s1. The SMILES string of the molecule is CO[C@H]1C(=O)N(C(C(=O)OCC(Cl)(Cl)Cl)C(C)C)[C@@H]1SSc1nc2ccccc2s1. The van der Waals surface area contributed by atoms with Crippen LogP contribution in [0, 0.1) is 5.92 Å². The van der Waals surface area contributed by atoms with Crippen LogP contribution in [0.25, 0.3) is 10.2 Å². The Kier molecular flexibility index (Phi) is 8.09. The van der Waals surface area contributed by atoms with Gasteiger partial charge in [-0.15, -0.1) is 11.3 Å². The van der Waals surface area contributed by atoms with Crippen LogP contribution in [0.5, 0.6) is 0 Å². The molecule has 30 heavy (non-hydrogen) atoms. The third-order valence-corrected chi connectivity index (χ3v) is 8.66. The van der Waals surface area contributed by atoms with Crippen LogP contribution in [0.4, 0.5) is 0 Å². The normalized spacial score (nSPS) is 20.5. The van der Waals surface area contributed by atoms with E-state index in [0.29, 0.717) is 0 Å². The molecule has 1 saturated heterocycles. The number of likely N-dealkylation sites (tertiary alicyclic amines) is 1. The van der Waals surface area contributed by atoms with Gasteiger partial charge in [-0.1, -0.05) is 71.6 Å². The Morgan fingerprint density at radius 1 is 1.33 bits per heavy atom. The topological polar surface area (TPSA) is 68.7 Å². The molecule has 1 aliphatic heterocycles. The van der Waals surface area contributed by atoms with Crippen molar-refractivity contribution in [1.29, 1.82) is 0 Å². The number of hydrogen-bond acceptors (Lipinski definition) is 8. The van der Waals surface area contributed by atoms with Gasteiger partial charge >= 0.3 is 5.97 Å². The van der Waals surface area contributed by atoms with Crippen molar-refractivity contribution in [1.82, 2.24) is 9.88 Å². The zero-order chi connectivity index (χ0) is 22.1. The number of carbonyl (C=O) groups is 2. The largest absolute Gasteiger partial charge is 0.460 e. The highest BCUT2D eigenvalue weighted by Crippen LogP contribution is 2.46. The van der Waals surface area contributed by atoms with Crippen LogP contribution in [0.1, 0.15) is 13.8 Å². The first kappa shape index (κ1) is 24.2. The average molecular weight is 530 g/mol. The van der Waals surface area contributed by atoms with Crippen molar-refractivity contribution in [2.24, 2.45) is 5.92 Å². The summed E-state index contributed by atoms with van der Waals surface area (Å²) in [7, 11) is 4.34. The van der Waals surface area contributed by atoms with Gasteiger partial charge in [0.1, 0.15) is 18.0 Å². The van der Waals surface area contributed by atoms with Crippen molar-refractivity contribution in [3.63, 3.8) is 0 Å². The Morgan fingerprint density at radius 2 is 2.03 bits per heavy atom. The van der Waals surface area contributed by atoms with Crippen LogP contribution in [-0.2, 0) is 19.1 Å². The number of nitrogens with zero attached hydrogens (tertiary/aromatic N) is 2. The summed E-state index contributed by atoms with van der Waals surface area (Å²) in [5, 5.41) is -0.382. The summed E-state index contributed by atoms with van der Waals surface area (Å²) in [6.45, 7) is 3.27. The van der Waals surface area contributed by atoms with E-state index in [0.717, 1.165) is 14.6 Å². The van der Waals surface area contributed by atoms with E-state index < -0.39 is 28.5 Å². The molecule has 2 heterocycles. The summed E-state index contributed by atoms with van der Waals surface area (Å²) in [4.78, 5) is 31.5. The van der Waals surface area contributed by atoms with Crippen LogP contribution in [-0.4, -0.2) is 56.8 Å². The molecule has 1 unspecified atom stereocenters. The number of esters is 1. The number of methoxy groups -OCH3 is 1. The molecule has 0 saturated carbocycles. The number of halogens is 3. The highest BCUT2D eigenvalue weighted by atomic mass is 35.6. The average Bonchev–Trinajstić information content (AvgIpc) is 3.09. The Hall–Kier alpha value is -0.420. The third kappa shape index (κ3) is 5.49. The van der Waals surface area contributed by atoms with E-state index >= 15 is 0 Å². The molecule has 12 heteroatoms. The molecule has 1 amide bonds. The predicted octanol–water partition coefficient (Wildman–Crippen LogP) is 5.16. The molecule has 1 aromatic heterocycles. The molecule has 1 fully saturated rings. The molecule has 3 atom stereocenters. The molecule has 6 nitrogen and oxygen atoms in total. The maximum absolute atomic E-state index is 12.7. The Balaban J connectivity index is 1.73. The van der Waals surface area contributed by atoms with E-state index in [9.17, 15) is 9.59 Å².